The van der Waals surface area contributed by atoms with Crippen LogP contribution in [0.25, 0.3) is 0 Å². The third kappa shape index (κ3) is 3.20. The monoisotopic (exact) mass is 398 g/mol. The Morgan fingerprint density at radius 2 is 2.14 bits per heavy atom. The van der Waals surface area contributed by atoms with E-state index in [0.29, 0.717) is 5.91 Å². The van der Waals surface area contributed by atoms with Gasteiger partial charge in [0.15, 0.2) is 0 Å². The molecule has 0 aromatic carbocycles. The van der Waals surface area contributed by atoms with Crippen LogP contribution in [0.1, 0.15) is 47.0 Å². The van der Waals surface area contributed by atoms with Gasteiger partial charge in [-0.25, -0.2) is 0 Å². The number of aryl methyl sites for hydroxylation is 2. The van der Waals surface area contributed by atoms with Crippen LogP contribution in [0, 0.1) is 18.3 Å². The van der Waals surface area contributed by atoms with E-state index < -0.39 is 0 Å². The lowest BCUT2D eigenvalue weighted by atomic mass is 9.70. The number of hydrogen-bond acceptors (Lipinski definition) is 4. The van der Waals surface area contributed by atoms with Gasteiger partial charge in [0.25, 0.3) is 0 Å². The second-order valence-corrected chi connectivity index (χ2v) is 10.4. The highest BCUT2D eigenvalue weighted by molar-refractivity contribution is 7.11. The Bertz CT molecular complexity index is 870. The fourth-order valence-corrected chi connectivity index (χ4v) is 6.32. The average molecular weight is 399 g/mol. The molecule has 2 aliphatic heterocycles. The zero-order valence-electron chi connectivity index (χ0n) is 16.9. The minimum Gasteiger partial charge on any atom is -0.342 e. The topological polar surface area (TPSA) is 41.4 Å². The van der Waals surface area contributed by atoms with E-state index in [1.54, 1.807) is 0 Å². The van der Waals surface area contributed by atoms with Crippen molar-refractivity contribution >= 4 is 17.2 Å². The van der Waals surface area contributed by atoms with Gasteiger partial charge in [0.1, 0.15) is 0 Å². The van der Waals surface area contributed by atoms with Crippen LogP contribution in [-0.2, 0) is 18.4 Å². The van der Waals surface area contributed by atoms with E-state index in [4.69, 9.17) is 0 Å². The molecule has 150 valence electrons. The summed E-state index contributed by atoms with van der Waals surface area (Å²) in [5.41, 5.74) is 0.930. The first-order valence-electron chi connectivity index (χ1n) is 10.6. The Labute approximate surface area is 171 Å². The predicted molar refractivity (Wildman–Crippen MR) is 111 cm³/mol. The predicted octanol–water partition coefficient (Wildman–Crippen LogP) is 3.41. The lowest BCUT2D eigenvalue weighted by Crippen LogP contribution is -2.52. The Hall–Kier alpha value is -1.66. The SMILES string of the molecule is Cc1ccc(CN2C[C@@H](c3ccnn3C)[C@]3(CCCN(CC4CC4)C3=O)C2)s1. The van der Waals surface area contributed by atoms with Crippen molar-refractivity contribution < 1.29 is 4.79 Å². The van der Waals surface area contributed by atoms with Crippen LogP contribution in [0.3, 0.4) is 0 Å². The molecule has 3 aliphatic rings. The molecule has 0 N–H and O–H groups in total. The fraction of sp³-hybridized carbons (Fsp3) is 0.636. The van der Waals surface area contributed by atoms with Gasteiger partial charge >= 0.3 is 0 Å². The van der Waals surface area contributed by atoms with E-state index in [2.05, 4.69) is 40.0 Å². The number of nitrogens with zero attached hydrogens (tertiary/aromatic N) is 4. The number of thiophene rings is 1. The summed E-state index contributed by atoms with van der Waals surface area (Å²) in [6.07, 6.45) is 6.60. The molecule has 1 saturated carbocycles. The molecule has 0 bridgehead atoms. The van der Waals surface area contributed by atoms with Crippen LogP contribution in [0.15, 0.2) is 24.4 Å². The van der Waals surface area contributed by atoms with Crippen molar-refractivity contribution in [2.75, 3.05) is 26.2 Å². The summed E-state index contributed by atoms with van der Waals surface area (Å²) in [7, 11) is 2.02. The largest absolute Gasteiger partial charge is 0.342 e. The molecule has 5 rings (SSSR count). The average Bonchev–Trinajstić information content (AvgIpc) is 3.05. The van der Waals surface area contributed by atoms with E-state index in [1.165, 1.54) is 28.3 Å². The third-order valence-electron chi connectivity index (χ3n) is 6.94. The van der Waals surface area contributed by atoms with Crippen molar-refractivity contribution in [1.29, 1.82) is 0 Å². The van der Waals surface area contributed by atoms with Gasteiger partial charge in [-0.2, -0.15) is 5.10 Å². The lowest BCUT2D eigenvalue weighted by molar-refractivity contribution is -0.147. The number of piperidine rings is 1. The van der Waals surface area contributed by atoms with Crippen molar-refractivity contribution in [3.63, 3.8) is 0 Å². The van der Waals surface area contributed by atoms with Gasteiger partial charge < -0.3 is 4.90 Å². The molecule has 2 saturated heterocycles. The second-order valence-electron chi connectivity index (χ2n) is 9.07. The lowest BCUT2D eigenvalue weighted by Gasteiger charge is -2.42. The zero-order valence-corrected chi connectivity index (χ0v) is 17.7. The van der Waals surface area contributed by atoms with Crippen LogP contribution in [0.2, 0.25) is 0 Å². The number of amides is 1. The number of aromatic nitrogens is 2. The molecule has 0 unspecified atom stereocenters. The number of hydrogen-bond donors (Lipinski definition) is 0. The maximum Gasteiger partial charge on any atom is 0.230 e. The van der Waals surface area contributed by atoms with Crippen molar-refractivity contribution in [3.05, 3.63) is 39.8 Å². The fourth-order valence-electron chi connectivity index (χ4n) is 5.39. The summed E-state index contributed by atoms with van der Waals surface area (Å²) in [5.74, 6) is 1.39. The smallest absolute Gasteiger partial charge is 0.230 e. The normalized spacial score (nSPS) is 28.6. The third-order valence-corrected chi connectivity index (χ3v) is 7.93. The molecule has 1 amide bonds. The van der Waals surface area contributed by atoms with Crippen molar-refractivity contribution in [1.82, 2.24) is 19.6 Å². The first-order valence-corrected chi connectivity index (χ1v) is 11.4. The standard InChI is InChI=1S/C22H30N4OS/c1-16-4-7-18(28-16)13-25-14-19(20-8-10-23-24(20)2)22(15-25)9-3-11-26(21(22)27)12-17-5-6-17/h4,7-8,10,17,19H,3,5-6,9,11-15H2,1-2H3/t19-,22-/m0/s1. The Kier molecular flexibility index (Phi) is 4.59. The van der Waals surface area contributed by atoms with Crippen LogP contribution < -0.4 is 0 Å². The highest BCUT2D eigenvalue weighted by Gasteiger charge is 2.56. The molecule has 6 heteroatoms. The van der Waals surface area contributed by atoms with Crippen LogP contribution in [0.4, 0.5) is 0 Å². The van der Waals surface area contributed by atoms with Gasteiger partial charge in [-0.3, -0.25) is 14.4 Å². The first-order chi connectivity index (χ1) is 13.5. The van der Waals surface area contributed by atoms with Crippen LogP contribution >= 0.6 is 11.3 Å². The molecule has 28 heavy (non-hydrogen) atoms. The Morgan fingerprint density at radius 1 is 1.29 bits per heavy atom. The van der Waals surface area contributed by atoms with Gasteiger partial charge in [-0.05, 0) is 56.7 Å². The van der Waals surface area contributed by atoms with Crippen molar-refractivity contribution in [2.45, 2.75) is 45.1 Å². The molecular weight excluding hydrogens is 368 g/mol. The second kappa shape index (κ2) is 6.99. The maximum atomic E-state index is 13.8. The summed E-state index contributed by atoms with van der Waals surface area (Å²) in [6.45, 7) is 6.85. The maximum absolute atomic E-state index is 13.8. The molecular formula is C22H30N4OS. The zero-order chi connectivity index (χ0) is 19.3. The molecule has 2 aromatic rings. The van der Waals surface area contributed by atoms with E-state index in [1.807, 2.05) is 29.3 Å². The number of likely N-dealkylation sites (tertiary alicyclic amines) is 2. The number of carbonyl (C=O) groups is 1. The number of carbonyl (C=O) groups excluding carboxylic acids is 1. The summed E-state index contributed by atoms with van der Waals surface area (Å²) >= 11 is 1.87. The van der Waals surface area contributed by atoms with Crippen molar-refractivity contribution in [3.8, 4) is 0 Å². The molecule has 2 atom stereocenters. The Morgan fingerprint density at radius 3 is 2.82 bits per heavy atom. The molecule has 5 nitrogen and oxygen atoms in total. The molecule has 2 aromatic heterocycles. The van der Waals surface area contributed by atoms with Crippen LogP contribution in [-0.4, -0.2) is 51.7 Å². The summed E-state index contributed by atoms with van der Waals surface area (Å²) in [6, 6.07) is 6.57. The van der Waals surface area contributed by atoms with E-state index in [9.17, 15) is 4.79 Å². The van der Waals surface area contributed by atoms with Gasteiger partial charge in [-0.15, -0.1) is 11.3 Å². The first kappa shape index (κ1) is 18.4. The van der Waals surface area contributed by atoms with Gasteiger partial charge in [-0.1, -0.05) is 0 Å². The van der Waals surface area contributed by atoms with E-state index in [0.717, 1.165) is 51.5 Å². The molecule has 1 aliphatic carbocycles. The summed E-state index contributed by atoms with van der Waals surface area (Å²) in [4.78, 5) is 21.3. The summed E-state index contributed by atoms with van der Waals surface area (Å²) < 4.78 is 1.98. The molecule has 4 heterocycles. The number of rotatable bonds is 5. The quantitative estimate of drug-likeness (QED) is 0.775. The molecule has 1 spiro atoms. The van der Waals surface area contributed by atoms with Gasteiger partial charge in [0.2, 0.25) is 5.91 Å². The van der Waals surface area contributed by atoms with Gasteiger partial charge in [0.05, 0.1) is 5.41 Å². The minimum absolute atomic E-state index is 0.232. The highest BCUT2D eigenvalue weighted by atomic mass is 32.1. The summed E-state index contributed by atoms with van der Waals surface area (Å²) in [5, 5.41) is 4.43. The van der Waals surface area contributed by atoms with Gasteiger partial charge in [0, 0.05) is 67.3 Å². The Balaban J connectivity index is 1.45. The van der Waals surface area contributed by atoms with Crippen molar-refractivity contribution in [2.24, 2.45) is 18.4 Å². The molecule has 0 radical (unpaired) electrons. The molecule has 3 fully saturated rings. The van der Waals surface area contributed by atoms with E-state index >= 15 is 0 Å². The van der Waals surface area contributed by atoms with E-state index in [-0.39, 0.29) is 11.3 Å². The van der Waals surface area contributed by atoms with Crippen LogP contribution in [0.5, 0.6) is 0 Å². The minimum atomic E-state index is -0.284. The highest BCUT2D eigenvalue weighted by Crippen LogP contribution is 2.50.